The Morgan fingerprint density at radius 3 is 2.30 bits per heavy atom. The minimum atomic E-state index is -3.65. The number of nitrogens with one attached hydrogen (secondary N) is 1. The van der Waals surface area contributed by atoms with Crippen LogP contribution in [0.4, 0.5) is 0 Å². The molecule has 0 spiro atoms. The van der Waals surface area contributed by atoms with E-state index in [1.807, 2.05) is 42.5 Å². The fraction of sp³-hybridized carbons (Fsp3) is 0. The van der Waals surface area contributed by atoms with Crippen LogP contribution in [0.5, 0.6) is 0 Å². The number of sulfonamides is 1. The summed E-state index contributed by atoms with van der Waals surface area (Å²) in [5, 5.41) is 2.67. The second-order valence-electron chi connectivity index (χ2n) is 5.37. The van der Waals surface area contributed by atoms with Gasteiger partial charge in [-0.2, -0.15) is 0 Å². The molecule has 0 unspecified atom stereocenters. The lowest BCUT2D eigenvalue weighted by atomic mass is 10.0. The Hall–Kier alpha value is -2.30. The van der Waals surface area contributed by atoms with Crippen molar-refractivity contribution in [3.63, 3.8) is 0 Å². The van der Waals surface area contributed by atoms with Crippen molar-refractivity contribution in [2.24, 2.45) is 0 Å². The van der Waals surface area contributed by atoms with E-state index in [1.54, 1.807) is 12.1 Å². The molecule has 0 radical (unpaired) electrons. The summed E-state index contributed by atoms with van der Waals surface area (Å²) in [6.07, 6.45) is 1.87. The van der Waals surface area contributed by atoms with Crippen LogP contribution in [0.1, 0.15) is 11.1 Å². The van der Waals surface area contributed by atoms with Crippen molar-refractivity contribution in [2.45, 2.75) is 4.90 Å². The van der Waals surface area contributed by atoms with E-state index >= 15 is 0 Å². The first kappa shape index (κ1) is 14.3. The highest BCUT2D eigenvalue weighted by Gasteiger charge is 2.21. The van der Waals surface area contributed by atoms with Gasteiger partial charge in [-0.05, 0) is 46.7 Å². The maximum atomic E-state index is 12.6. The summed E-state index contributed by atoms with van der Waals surface area (Å²) in [6.45, 7) is 0. The number of rotatable bonds is 3. The monoisotopic (exact) mass is 341 g/mol. The average Bonchev–Trinajstić information content (AvgIpc) is 2.87. The fourth-order valence-corrected chi connectivity index (χ4v) is 4.05. The number of hydrogen-bond acceptors (Lipinski definition) is 2. The van der Waals surface area contributed by atoms with E-state index < -0.39 is 10.0 Å². The zero-order chi connectivity index (χ0) is 16.0. The standard InChI is InChI=1S/C18H12ClNO2S/c19-14-7-9-15(10-8-14)23(21,22)20-17-11-13-5-1-3-12-4-2-6-16(17)18(12)13/h1-11,20H. The molecule has 0 fully saturated rings. The summed E-state index contributed by atoms with van der Waals surface area (Å²) in [5.74, 6) is 0. The molecule has 3 aromatic rings. The van der Waals surface area contributed by atoms with Crippen LogP contribution in [0.15, 0.2) is 65.6 Å². The third kappa shape index (κ3) is 2.40. The first-order chi connectivity index (χ1) is 11.0. The van der Waals surface area contributed by atoms with E-state index in [-0.39, 0.29) is 4.90 Å². The maximum absolute atomic E-state index is 12.6. The predicted molar refractivity (Wildman–Crippen MR) is 93.6 cm³/mol. The summed E-state index contributed by atoms with van der Waals surface area (Å²) in [7, 11) is -3.65. The minimum absolute atomic E-state index is 0.186. The van der Waals surface area contributed by atoms with Gasteiger partial charge < -0.3 is 0 Å². The van der Waals surface area contributed by atoms with Gasteiger partial charge in [0.1, 0.15) is 0 Å². The molecule has 0 saturated heterocycles. The highest BCUT2D eigenvalue weighted by atomic mass is 35.5. The summed E-state index contributed by atoms with van der Waals surface area (Å²) in [6, 6.07) is 18.0. The molecule has 0 heterocycles. The SMILES string of the molecule is O=S(=O)(NC1=Cc2cccc3cccc1c23)c1ccc(Cl)cc1. The average molecular weight is 342 g/mol. The van der Waals surface area contributed by atoms with Crippen molar-refractivity contribution >= 4 is 44.2 Å². The Kier molecular flexibility index (Phi) is 3.18. The van der Waals surface area contributed by atoms with Crippen molar-refractivity contribution in [3.8, 4) is 0 Å². The van der Waals surface area contributed by atoms with E-state index in [1.165, 1.54) is 12.1 Å². The maximum Gasteiger partial charge on any atom is 0.261 e. The van der Waals surface area contributed by atoms with Gasteiger partial charge in [0.05, 0.1) is 10.6 Å². The zero-order valence-corrected chi connectivity index (χ0v) is 13.5. The molecule has 0 atom stereocenters. The predicted octanol–water partition coefficient (Wildman–Crippen LogP) is 4.28. The third-order valence-electron chi connectivity index (χ3n) is 3.90. The van der Waals surface area contributed by atoms with Gasteiger partial charge in [0.2, 0.25) is 0 Å². The number of halogens is 1. The molecule has 1 aliphatic rings. The number of benzene rings is 3. The topological polar surface area (TPSA) is 46.2 Å². The molecule has 114 valence electrons. The van der Waals surface area contributed by atoms with E-state index in [4.69, 9.17) is 11.6 Å². The van der Waals surface area contributed by atoms with Crippen molar-refractivity contribution < 1.29 is 8.42 Å². The molecule has 4 rings (SSSR count). The highest BCUT2D eigenvalue weighted by molar-refractivity contribution is 7.89. The van der Waals surface area contributed by atoms with Crippen molar-refractivity contribution in [2.75, 3.05) is 0 Å². The first-order valence-electron chi connectivity index (χ1n) is 7.07. The minimum Gasteiger partial charge on any atom is -0.279 e. The second kappa shape index (κ2) is 5.11. The lowest BCUT2D eigenvalue weighted by Gasteiger charge is -2.10. The first-order valence-corrected chi connectivity index (χ1v) is 8.93. The molecular weight excluding hydrogens is 330 g/mol. The molecular formula is C18H12ClNO2S. The van der Waals surface area contributed by atoms with Gasteiger partial charge in [-0.1, -0.05) is 48.0 Å². The van der Waals surface area contributed by atoms with Crippen LogP contribution >= 0.6 is 11.6 Å². The summed E-state index contributed by atoms with van der Waals surface area (Å²) in [5.41, 5.74) is 2.51. The van der Waals surface area contributed by atoms with Gasteiger partial charge in [-0.3, -0.25) is 4.72 Å². The second-order valence-corrected chi connectivity index (χ2v) is 7.49. The molecule has 23 heavy (non-hydrogen) atoms. The van der Waals surface area contributed by atoms with E-state index in [9.17, 15) is 8.42 Å². The van der Waals surface area contributed by atoms with Gasteiger partial charge in [0.25, 0.3) is 10.0 Å². The van der Waals surface area contributed by atoms with Crippen LogP contribution in [0, 0.1) is 0 Å². The zero-order valence-electron chi connectivity index (χ0n) is 12.0. The Labute approximate surface area is 139 Å². The van der Waals surface area contributed by atoms with Gasteiger partial charge in [0.15, 0.2) is 0 Å². The lowest BCUT2D eigenvalue weighted by Crippen LogP contribution is -2.21. The molecule has 0 amide bonds. The normalized spacial score (nSPS) is 13.2. The van der Waals surface area contributed by atoms with Crippen LogP contribution in [0.25, 0.3) is 22.5 Å². The summed E-state index contributed by atoms with van der Waals surface area (Å²) >= 11 is 5.82. The summed E-state index contributed by atoms with van der Waals surface area (Å²) < 4.78 is 27.8. The van der Waals surface area contributed by atoms with Crippen LogP contribution in [0.2, 0.25) is 5.02 Å². The fourth-order valence-electron chi connectivity index (χ4n) is 2.85. The van der Waals surface area contributed by atoms with Crippen molar-refractivity contribution in [1.82, 2.24) is 4.72 Å². The van der Waals surface area contributed by atoms with Crippen LogP contribution in [0.3, 0.4) is 0 Å². The smallest absolute Gasteiger partial charge is 0.261 e. The Bertz CT molecular complexity index is 1050. The Balaban J connectivity index is 1.76. The van der Waals surface area contributed by atoms with E-state index in [2.05, 4.69) is 4.72 Å². The number of hydrogen-bond donors (Lipinski definition) is 1. The Morgan fingerprint density at radius 1 is 0.870 bits per heavy atom. The van der Waals surface area contributed by atoms with Crippen LogP contribution < -0.4 is 4.72 Å². The highest BCUT2D eigenvalue weighted by Crippen LogP contribution is 2.35. The van der Waals surface area contributed by atoms with Crippen LogP contribution in [-0.4, -0.2) is 8.42 Å². The molecule has 1 N–H and O–H groups in total. The largest absolute Gasteiger partial charge is 0.279 e. The van der Waals surface area contributed by atoms with E-state index in [0.29, 0.717) is 10.7 Å². The van der Waals surface area contributed by atoms with Gasteiger partial charge >= 0.3 is 0 Å². The van der Waals surface area contributed by atoms with Gasteiger partial charge in [-0.15, -0.1) is 0 Å². The molecule has 1 aliphatic carbocycles. The molecule has 0 aliphatic heterocycles. The molecule has 0 saturated carbocycles. The Morgan fingerprint density at radius 2 is 1.57 bits per heavy atom. The molecule has 0 aromatic heterocycles. The molecule has 0 bridgehead atoms. The van der Waals surface area contributed by atoms with Gasteiger partial charge in [-0.25, -0.2) is 8.42 Å². The molecule has 5 heteroatoms. The van der Waals surface area contributed by atoms with E-state index in [0.717, 1.165) is 21.9 Å². The summed E-state index contributed by atoms with van der Waals surface area (Å²) in [4.78, 5) is 0.186. The van der Waals surface area contributed by atoms with Crippen LogP contribution in [-0.2, 0) is 10.0 Å². The van der Waals surface area contributed by atoms with Crippen molar-refractivity contribution in [3.05, 3.63) is 76.8 Å². The van der Waals surface area contributed by atoms with Gasteiger partial charge in [0, 0.05) is 10.6 Å². The molecule has 3 aromatic carbocycles. The quantitative estimate of drug-likeness (QED) is 0.772. The third-order valence-corrected chi connectivity index (χ3v) is 5.53. The molecule has 3 nitrogen and oxygen atoms in total. The lowest BCUT2D eigenvalue weighted by molar-refractivity contribution is 0.592. The van der Waals surface area contributed by atoms with Crippen molar-refractivity contribution in [1.29, 1.82) is 0 Å².